The van der Waals surface area contributed by atoms with E-state index in [1.807, 2.05) is 30.3 Å². The van der Waals surface area contributed by atoms with E-state index in [0.717, 1.165) is 17.5 Å². The maximum Gasteiger partial charge on any atom is 0.269 e. The lowest BCUT2D eigenvalue weighted by Crippen LogP contribution is -2.12. The molecule has 0 saturated carbocycles. The average Bonchev–Trinajstić information content (AvgIpc) is 2.51. The Morgan fingerprint density at radius 1 is 1.00 bits per heavy atom. The van der Waals surface area contributed by atoms with Crippen molar-refractivity contribution in [3.63, 3.8) is 0 Å². The number of fused-ring (bicyclic) bond motifs is 1. The van der Waals surface area contributed by atoms with E-state index in [9.17, 15) is 14.9 Å². The highest BCUT2D eigenvalue weighted by Crippen LogP contribution is 2.30. The summed E-state index contributed by atoms with van der Waals surface area (Å²) in [5.41, 5.74) is 3.66. The standard InChI is InChI=1S/C17H13NO3/c19-17-10-7-13-3-1-2-4-15(13)16(17)11-12-5-8-14(9-6-12)18(20)21/h1-6,8-9,11H,7,10H2. The zero-order valence-corrected chi connectivity index (χ0v) is 11.3. The molecular weight excluding hydrogens is 266 g/mol. The van der Waals surface area contributed by atoms with Gasteiger partial charge in [0, 0.05) is 24.1 Å². The van der Waals surface area contributed by atoms with Crippen molar-refractivity contribution < 1.29 is 9.72 Å². The maximum atomic E-state index is 12.2. The summed E-state index contributed by atoms with van der Waals surface area (Å²) < 4.78 is 0. The number of rotatable bonds is 2. The minimum Gasteiger partial charge on any atom is -0.294 e. The summed E-state index contributed by atoms with van der Waals surface area (Å²) in [6, 6.07) is 14.1. The van der Waals surface area contributed by atoms with E-state index >= 15 is 0 Å². The molecule has 0 amide bonds. The van der Waals surface area contributed by atoms with Crippen molar-refractivity contribution in [2.24, 2.45) is 0 Å². The molecule has 0 heterocycles. The molecule has 1 aliphatic carbocycles. The topological polar surface area (TPSA) is 60.2 Å². The Bertz CT molecular complexity index is 745. The van der Waals surface area contributed by atoms with Gasteiger partial charge in [-0.3, -0.25) is 14.9 Å². The van der Waals surface area contributed by atoms with E-state index in [4.69, 9.17) is 0 Å². The Balaban J connectivity index is 2.02. The first kappa shape index (κ1) is 13.2. The fraction of sp³-hybridized carbons (Fsp3) is 0.118. The number of allylic oxidation sites excluding steroid dienone is 1. The molecule has 0 atom stereocenters. The molecule has 2 aromatic rings. The average molecular weight is 279 g/mol. The second-order valence-corrected chi connectivity index (χ2v) is 4.99. The van der Waals surface area contributed by atoms with Crippen molar-refractivity contribution in [1.82, 2.24) is 0 Å². The van der Waals surface area contributed by atoms with Gasteiger partial charge in [0.15, 0.2) is 5.78 Å². The number of carbonyl (C=O) groups is 1. The number of carbonyl (C=O) groups excluding carboxylic acids is 1. The smallest absolute Gasteiger partial charge is 0.269 e. The summed E-state index contributed by atoms with van der Waals surface area (Å²) in [7, 11) is 0. The van der Waals surface area contributed by atoms with Crippen LogP contribution >= 0.6 is 0 Å². The summed E-state index contributed by atoms with van der Waals surface area (Å²) in [6.07, 6.45) is 3.09. The number of hydrogen-bond donors (Lipinski definition) is 0. The number of benzene rings is 2. The number of non-ortho nitro benzene ring substituents is 1. The van der Waals surface area contributed by atoms with Crippen LogP contribution in [0.25, 0.3) is 11.6 Å². The van der Waals surface area contributed by atoms with E-state index in [0.29, 0.717) is 12.0 Å². The number of aryl methyl sites for hydroxylation is 1. The number of hydrogen-bond acceptors (Lipinski definition) is 3. The Hall–Kier alpha value is -2.75. The Labute approximate surface area is 121 Å². The highest BCUT2D eigenvalue weighted by molar-refractivity contribution is 6.26. The van der Waals surface area contributed by atoms with Crippen LogP contribution < -0.4 is 0 Å². The zero-order chi connectivity index (χ0) is 14.8. The van der Waals surface area contributed by atoms with Crippen molar-refractivity contribution in [3.05, 3.63) is 75.3 Å². The molecule has 0 saturated heterocycles. The van der Waals surface area contributed by atoms with Gasteiger partial charge in [0.1, 0.15) is 0 Å². The second kappa shape index (κ2) is 5.32. The van der Waals surface area contributed by atoms with Crippen molar-refractivity contribution >= 4 is 23.1 Å². The molecule has 2 aromatic carbocycles. The molecule has 21 heavy (non-hydrogen) atoms. The van der Waals surface area contributed by atoms with E-state index in [2.05, 4.69) is 0 Å². The van der Waals surface area contributed by atoms with Gasteiger partial charge in [0.2, 0.25) is 0 Å². The molecule has 0 unspecified atom stereocenters. The molecule has 0 aromatic heterocycles. The van der Waals surface area contributed by atoms with Gasteiger partial charge in [0.25, 0.3) is 5.69 Å². The molecule has 104 valence electrons. The number of ketones is 1. The second-order valence-electron chi connectivity index (χ2n) is 4.99. The normalized spacial score (nSPS) is 15.8. The van der Waals surface area contributed by atoms with E-state index in [1.165, 1.54) is 17.7 Å². The van der Waals surface area contributed by atoms with Crippen LogP contribution in [0.3, 0.4) is 0 Å². The predicted octanol–water partition coefficient (Wildman–Crippen LogP) is 3.65. The predicted molar refractivity (Wildman–Crippen MR) is 80.7 cm³/mol. The summed E-state index contributed by atoms with van der Waals surface area (Å²) in [6.45, 7) is 0. The summed E-state index contributed by atoms with van der Waals surface area (Å²) in [4.78, 5) is 22.4. The van der Waals surface area contributed by atoms with Gasteiger partial charge < -0.3 is 0 Å². The molecule has 1 aliphatic rings. The van der Waals surface area contributed by atoms with E-state index in [1.54, 1.807) is 12.1 Å². The highest BCUT2D eigenvalue weighted by atomic mass is 16.6. The molecular formula is C17H13NO3. The molecule has 0 aliphatic heterocycles. The number of nitro groups is 1. The first-order valence-corrected chi connectivity index (χ1v) is 6.73. The summed E-state index contributed by atoms with van der Waals surface area (Å²) in [5.74, 6) is 0.118. The van der Waals surface area contributed by atoms with Gasteiger partial charge in [-0.15, -0.1) is 0 Å². The molecule has 4 heteroatoms. The van der Waals surface area contributed by atoms with Crippen LogP contribution in [0.4, 0.5) is 5.69 Å². The largest absolute Gasteiger partial charge is 0.294 e. The van der Waals surface area contributed by atoms with Crippen LogP contribution in [0.5, 0.6) is 0 Å². The van der Waals surface area contributed by atoms with E-state index < -0.39 is 4.92 Å². The Morgan fingerprint density at radius 2 is 1.71 bits per heavy atom. The van der Waals surface area contributed by atoms with Crippen LogP contribution in [-0.4, -0.2) is 10.7 Å². The third-order valence-electron chi connectivity index (χ3n) is 3.64. The highest BCUT2D eigenvalue weighted by Gasteiger charge is 2.20. The molecule has 4 nitrogen and oxygen atoms in total. The fourth-order valence-corrected chi connectivity index (χ4v) is 2.55. The SMILES string of the molecule is O=C1CCc2ccccc2C1=Cc1ccc([N+](=O)[O-])cc1. The van der Waals surface area contributed by atoms with Crippen molar-refractivity contribution in [2.45, 2.75) is 12.8 Å². The lowest BCUT2D eigenvalue weighted by molar-refractivity contribution is -0.384. The molecule has 3 rings (SSSR count). The lowest BCUT2D eigenvalue weighted by atomic mass is 9.85. The number of nitro benzene ring substituents is 1. The van der Waals surface area contributed by atoms with E-state index in [-0.39, 0.29) is 11.5 Å². The molecule has 0 radical (unpaired) electrons. The third-order valence-corrected chi connectivity index (χ3v) is 3.64. The van der Waals surface area contributed by atoms with Crippen LogP contribution in [0.1, 0.15) is 23.1 Å². The minimum atomic E-state index is -0.433. The molecule has 0 fully saturated rings. The van der Waals surface area contributed by atoms with Crippen molar-refractivity contribution in [1.29, 1.82) is 0 Å². The number of nitrogens with zero attached hydrogens (tertiary/aromatic N) is 1. The summed E-state index contributed by atoms with van der Waals surface area (Å²) in [5, 5.41) is 10.7. The maximum absolute atomic E-state index is 12.2. The fourth-order valence-electron chi connectivity index (χ4n) is 2.55. The quantitative estimate of drug-likeness (QED) is 0.479. The van der Waals surface area contributed by atoms with Gasteiger partial charge in [-0.05, 0) is 41.3 Å². The summed E-state index contributed by atoms with van der Waals surface area (Å²) >= 11 is 0. The third kappa shape index (κ3) is 2.60. The Morgan fingerprint density at radius 3 is 2.43 bits per heavy atom. The van der Waals surface area contributed by atoms with Crippen molar-refractivity contribution in [2.75, 3.05) is 0 Å². The first-order chi connectivity index (χ1) is 10.1. The Kier molecular flexibility index (Phi) is 3.36. The first-order valence-electron chi connectivity index (χ1n) is 6.73. The van der Waals surface area contributed by atoms with Gasteiger partial charge in [-0.2, -0.15) is 0 Å². The van der Waals surface area contributed by atoms with Crippen LogP contribution in [-0.2, 0) is 11.2 Å². The molecule has 0 spiro atoms. The van der Waals surface area contributed by atoms with Gasteiger partial charge in [-0.1, -0.05) is 24.3 Å². The van der Waals surface area contributed by atoms with Crippen LogP contribution in [0.2, 0.25) is 0 Å². The molecule has 0 bridgehead atoms. The van der Waals surface area contributed by atoms with Gasteiger partial charge in [-0.25, -0.2) is 0 Å². The monoisotopic (exact) mass is 279 g/mol. The lowest BCUT2D eigenvalue weighted by Gasteiger charge is -2.17. The van der Waals surface area contributed by atoms with Gasteiger partial charge >= 0.3 is 0 Å². The molecule has 0 N–H and O–H groups in total. The zero-order valence-electron chi connectivity index (χ0n) is 11.3. The van der Waals surface area contributed by atoms with Crippen LogP contribution in [0.15, 0.2) is 48.5 Å². The number of Topliss-reactive ketones (excluding diaryl/α,β-unsaturated/α-hetero) is 1. The van der Waals surface area contributed by atoms with Gasteiger partial charge in [0.05, 0.1) is 4.92 Å². The minimum absolute atomic E-state index is 0.0486. The van der Waals surface area contributed by atoms with Crippen LogP contribution in [0, 0.1) is 10.1 Å². The van der Waals surface area contributed by atoms with Crippen molar-refractivity contribution in [3.8, 4) is 0 Å².